The van der Waals surface area contributed by atoms with Gasteiger partial charge in [0.2, 0.25) is 0 Å². The number of nitrogens with zero attached hydrogens (tertiary/aromatic N) is 4. The number of halogens is 2. The van der Waals surface area contributed by atoms with E-state index < -0.39 is 0 Å². The molecule has 0 spiro atoms. The maximum absolute atomic E-state index is 14.5. The fraction of sp³-hybridized carbons (Fsp3) is 0.524. The molecule has 7 nitrogen and oxygen atoms in total. The van der Waals surface area contributed by atoms with Gasteiger partial charge in [-0.15, -0.1) is 24.0 Å². The minimum absolute atomic E-state index is 0. The number of nitrogens with one attached hydrogen (secondary N) is 2. The van der Waals surface area contributed by atoms with Gasteiger partial charge in [0.05, 0.1) is 31.8 Å². The lowest BCUT2D eigenvalue weighted by atomic mass is 10.0. The first kappa shape index (κ1) is 24.5. The van der Waals surface area contributed by atoms with E-state index in [1.54, 1.807) is 29.4 Å². The van der Waals surface area contributed by atoms with Crippen molar-refractivity contribution < 1.29 is 9.13 Å². The summed E-state index contributed by atoms with van der Waals surface area (Å²) in [6.45, 7) is 11.8. The molecule has 1 aromatic carbocycles. The van der Waals surface area contributed by atoms with Gasteiger partial charge in [-0.1, -0.05) is 6.07 Å². The molecule has 1 aliphatic heterocycles. The van der Waals surface area contributed by atoms with E-state index in [0.29, 0.717) is 12.2 Å². The van der Waals surface area contributed by atoms with Gasteiger partial charge in [-0.05, 0) is 38.5 Å². The van der Waals surface area contributed by atoms with E-state index in [9.17, 15) is 4.39 Å². The quantitative estimate of drug-likeness (QED) is 0.328. The summed E-state index contributed by atoms with van der Waals surface area (Å²) < 4.78 is 21.6. The average Bonchev–Trinajstić information content (AvgIpc) is 3.25. The second-order valence-corrected chi connectivity index (χ2v) is 7.72. The molecule has 9 heteroatoms. The molecule has 30 heavy (non-hydrogen) atoms. The van der Waals surface area contributed by atoms with Crippen LogP contribution in [-0.2, 0) is 11.3 Å². The lowest BCUT2D eigenvalue weighted by Crippen LogP contribution is -2.56. The summed E-state index contributed by atoms with van der Waals surface area (Å²) in [6.07, 6.45) is 4.93. The Morgan fingerprint density at radius 3 is 2.67 bits per heavy atom. The average molecular weight is 530 g/mol. The van der Waals surface area contributed by atoms with Gasteiger partial charge < -0.3 is 19.9 Å². The predicted molar refractivity (Wildman–Crippen MR) is 128 cm³/mol. The van der Waals surface area contributed by atoms with Gasteiger partial charge in [0.1, 0.15) is 5.82 Å². The number of aliphatic imine (C=N–C) groups is 1. The van der Waals surface area contributed by atoms with Gasteiger partial charge in [-0.3, -0.25) is 4.90 Å². The molecule has 1 fully saturated rings. The monoisotopic (exact) mass is 530 g/mol. The third-order valence-corrected chi connectivity index (χ3v) is 5.11. The van der Waals surface area contributed by atoms with E-state index in [-0.39, 0.29) is 35.3 Å². The molecule has 2 aromatic rings. The molecule has 166 valence electrons. The van der Waals surface area contributed by atoms with E-state index in [1.165, 1.54) is 6.07 Å². The summed E-state index contributed by atoms with van der Waals surface area (Å²) in [4.78, 5) is 11.0. The zero-order valence-corrected chi connectivity index (χ0v) is 20.2. The highest BCUT2D eigenvalue weighted by Crippen LogP contribution is 2.16. The molecule has 3 rings (SSSR count). The zero-order valence-electron chi connectivity index (χ0n) is 17.9. The Hall–Kier alpha value is -1.72. The number of guanidine groups is 1. The second kappa shape index (κ2) is 11.6. The summed E-state index contributed by atoms with van der Waals surface area (Å²) in [5.41, 5.74) is 1.28. The van der Waals surface area contributed by atoms with Crippen molar-refractivity contribution in [1.29, 1.82) is 0 Å². The molecule has 0 radical (unpaired) electrons. The maximum atomic E-state index is 14.5. The number of aromatic nitrogens is 2. The van der Waals surface area contributed by atoms with Gasteiger partial charge in [0, 0.05) is 44.1 Å². The predicted octanol–water partition coefficient (Wildman–Crippen LogP) is 2.80. The van der Waals surface area contributed by atoms with Crippen LogP contribution in [0.3, 0.4) is 0 Å². The largest absolute Gasteiger partial charge is 0.379 e. The van der Waals surface area contributed by atoms with Crippen molar-refractivity contribution in [3.05, 3.63) is 48.3 Å². The minimum atomic E-state index is -0.290. The number of ether oxygens (including phenoxy) is 1. The molecular weight excluding hydrogens is 498 g/mol. The van der Waals surface area contributed by atoms with Gasteiger partial charge in [-0.25, -0.2) is 14.4 Å². The van der Waals surface area contributed by atoms with Crippen molar-refractivity contribution >= 4 is 29.9 Å². The van der Waals surface area contributed by atoms with Gasteiger partial charge in [0.15, 0.2) is 5.96 Å². The van der Waals surface area contributed by atoms with Crippen LogP contribution >= 0.6 is 24.0 Å². The zero-order chi connectivity index (χ0) is 20.7. The SMILES string of the molecule is CCNC(=NCc1ccc(-n2ccnc2)c(F)c1)NCC(C)(C)N1CCOCC1.I. The molecule has 0 amide bonds. The summed E-state index contributed by atoms with van der Waals surface area (Å²) in [6, 6.07) is 5.17. The molecule has 0 unspecified atom stereocenters. The topological polar surface area (TPSA) is 66.7 Å². The Morgan fingerprint density at radius 1 is 1.27 bits per heavy atom. The highest BCUT2D eigenvalue weighted by Gasteiger charge is 2.28. The van der Waals surface area contributed by atoms with E-state index in [1.807, 2.05) is 13.0 Å². The van der Waals surface area contributed by atoms with Crippen LogP contribution in [0.25, 0.3) is 5.69 Å². The van der Waals surface area contributed by atoms with Crippen LogP contribution < -0.4 is 10.6 Å². The Labute approximate surface area is 195 Å². The van der Waals surface area contributed by atoms with Crippen LogP contribution in [0.15, 0.2) is 41.9 Å². The molecule has 0 saturated carbocycles. The van der Waals surface area contributed by atoms with Gasteiger partial charge >= 0.3 is 0 Å². The van der Waals surface area contributed by atoms with Crippen molar-refractivity contribution in [1.82, 2.24) is 25.1 Å². The molecular formula is C21H32FIN6O. The summed E-state index contributed by atoms with van der Waals surface area (Å²) in [7, 11) is 0. The van der Waals surface area contributed by atoms with E-state index >= 15 is 0 Å². The normalized spacial score (nSPS) is 15.5. The lowest BCUT2D eigenvalue weighted by Gasteiger charge is -2.41. The van der Waals surface area contributed by atoms with Crippen molar-refractivity contribution in [2.24, 2.45) is 4.99 Å². The minimum Gasteiger partial charge on any atom is -0.379 e. The smallest absolute Gasteiger partial charge is 0.191 e. The Balaban J connectivity index is 0.00000320. The first-order valence-electron chi connectivity index (χ1n) is 10.1. The standard InChI is InChI=1S/C21H31FN6O.HI/c1-4-24-20(26-15-21(2,3)28-9-11-29-12-10-28)25-14-17-5-6-19(18(22)13-17)27-8-7-23-16-27;/h5-8,13,16H,4,9-12,14-15H2,1-3H3,(H2,24,25,26);1H. The van der Waals surface area contributed by atoms with Crippen LogP contribution in [0.2, 0.25) is 0 Å². The van der Waals surface area contributed by atoms with Crippen molar-refractivity contribution in [3.63, 3.8) is 0 Å². The summed E-state index contributed by atoms with van der Waals surface area (Å²) >= 11 is 0. The molecule has 0 bridgehead atoms. The fourth-order valence-electron chi connectivity index (χ4n) is 3.35. The third-order valence-electron chi connectivity index (χ3n) is 5.11. The molecule has 2 N–H and O–H groups in total. The maximum Gasteiger partial charge on any atom is 0.191 e. The highest BCUT2D eigenvalue weighted by molar-refractivity contribution is 14.0. The molecule has 0 aliphatic carbocycles. The van der Waals surface area contributed by atoms with Crippen LogP contribution in [0, 0.1) is 5.82 Å². The van der Waals surface area contributed by atoms with Crippen LogP contribution in [0.1, 0.15) is 26.3 Å². The van der Waals surface area contributed by atoms with Gasteiger partial charge in [-0.2, -0.15) is 0 Å². The number of imidazole rings is 1. The van der Waals surface area contributed by atoms with Crippen molar-refractivity contribution in [2.75, 3.05) is 39.4 Å². The summed E-state index contributed by atoms with van der Waals surface area (Å²) in [5.74, 6) is 0.440. The van der Waals surface area contributed by atoms with Crippen LogP contribution in [0.5, 0.6) is 0 Å². The molecule has 1 aliphatic rings. The number of morpholine rings is 1. The van der Waals surface area contributed by atoms with Crippen molar-refractivity contribution in [2.45, 2.75) is 32.9 Å². The van der Waals surface area contributed by atoms with E-state index in [0.717, 1.165) is 50.9 Å². The van der Waals surface area contributed by atoms with Gasteiger partial charge in [0.25, 0.3) is 0 Å². The Morgan fingerprint density at radius 2 is 2.03 bits per heavy atom. The molecule has 2 heterocycles. The Bertz CT molecular complexity index is 806. The molecule has 0 atom stereocenters. The molecule has 1 aromatic heterocycles. The van der Waals surface area contributed by atoms with E-state index in [4.69, 9.17) is 4.74 Å². The number of hydrogen-bond acceptors (Lipinski definition) is 4. The van der Waals surface area contributed by atoms with Crippen LogP contribution in [-0.4, -0.2) is 65.3 Å². The number of benzene rings is 1. The fourth-order valence-corrected chi connectivity index (χ4v) is 3.35. The highest BCUT2D eigenvalue weighted by atomic mass is 127. The Kier molecular flexibility index (Phi) is 9.50. The first-order chi connectivity index (χ1) is 14.0. The number of hydrogen-bond donors (Lipinski definition) is 2. The second-order valence-electron chi connectivity index (χ2n) is 7.72. The number of rotatable bonds is 7. The molecule has 1 saturated heterocycles. The third kappa shape index (κ3) is 6.64. The van der Waals surface area contributed by atoms with Crippen LogP contribution in [0.4, 0.5) is 4.39 Å². The first-order valence-corrected chi connectivity index (χ1v) is 10.1. The summed E-state index contributed by atoms with van der Waals surface area (Å²) in [5, 5.41) is 6.69. The van der Waals surface area contributed by atoms with Crippen molar-refractivity contribution in [3.8, 4) is 5.69 Å². The lowest BCUT2D eigenvalue weighted by molar-refractivity contribution is -0.00834. The van der Waals surface area contributed by atoms with E-state index in [2.05, 4.69) is 39.4 Å².